The van der Waals surface area contributed by atoms with E-state index in [9.17, 15) is 0 Å². The van der Waals surface area contributed by atoms with Crippen LogP contribution in [0, 0.1) is 11.3 Å². The fourth-order valence-electron chi connectivity index (χ4n) is 1.51. The molecule has 1 heterocycles. The summed E-state index contributed by atoms with van der Waals surface area (Å²) in [6, 6.07) is 9.80. The van der Waals surface area contributed by atoms with Gasteiger partial charge in [-0.05, 0) is 17.7 Å². The molecule has 1 aromatic rings. The number of halogens is 1. The summed E-state index contributed by atoms with van der Waals surface area (Å²) in [6.07, 6.45) is 0. The van der Waals surface area contributed by atoms with Crippen molar-refractivity contribution in [1.82, 2.24) is 10.6 Å². The molecule has 3 nitrogen and oxygen atoms in total. The zero-order valence-electron chi connectivity index (χ0n) is 8.20. The average Bonchev–Trinajstić information content (AvgIpc) is 2.19. The van der Waals surface area contributed by atoms with Crippen LogP contribution < -0.4 is 10.6 Å². The summed E-state index contributed by atoms with van der Waals surface area (Å²) in [6.45, 7) is 1.87. The molecule has 1 aliphatic rings. The Morgan fingerprint density at radius 3 is 2.53 bits per heavy atom. The molecule has 0 amide bonds. The number of nitriles is 1. The van der Waals surface area contributed by atoms with Crippen molar-refractivity contribution in [3.05, 3.63) is 34.9 Å². The maximum Gasteiger partial charge on any atom is 0.121 e. The lowest BCUT2D eigenvalue weighted by Gasteiger charge is -2.30. The van der Waals surface area contributed by atoms with Gasteiger partial charge in [0.1, 0.15) is 6.04 Å². The lowest BCUT2D eigenvalue weighted by molar-refractivity contribution is 0.352. The molecule has 1 aromatic carbocycles. The Kier molecular flexibility index (Phi) is 3.22. The van der Waals surface area contributed by atoms with E-state index in [0.29, 0.717) is 11.1 Å². The van der Waals surface area contributed by atoms with E-state index in [2.05, 4.69) is 16.7 Å². The largest absolute Gasteiger partial charge is 0.314 e. The Balaban J connectivity index is 2.05. The number of nitrogens with one attached hydrogen (secondary N) is 2. The van der Waals surface area contributed by atoms with Crippen LogP contribution >= 0.6 is 11.6 Å². The molecule has 1 atom stereocenters. The van der Waals surface area contributed by atoms with Gasteiger partial charge in [-0.15, -0.1) is 0 Å². The molecule has 1 unspecified atom stereocenters. The average molecular weight is 222 g/mol. The summed E-state index contributed by atoms with van der Waals surface area (Å²) in [5.41, 5.74) is 0.966. The highest BCUT2D eigenvalue weighted by Gasteiger charge is 2.21. The molecular weight excluding hydrogens is 210 g/mol. The van der Waals surface area contributed by atoms with Gasteiger partial charge in [0, 0.05) is 24.2 Å². The van der Waals surface area contributed by atoms with Crippen molar-refractivity contribution in [3.63, 3.8) is 0 Å². The lowest BCUT2D eigenvalue weighted by Crippen LogP contribution is -2.55. The van der Waals surface area contributed by atoms with Gasteiger partial charge in [-0.3, -0.25) is 5.32 Å². The van der Waals surface area contributed by atoms with Crippen molar-refractivity contribution in [3.8, 4) is 6.07 Å². The molecule has 1 aliphatic heterocycles. The lowest BCUT2D eigenvalue weighted by atomic mass is 10.1. The van der Waals surface area contributed by atoms with Crippen molar-refractivity contribution < 1.29 is 0 Å². The summed E-state index contributed by atoms with van der Waals surface area (Å²) >= 11 is 5.79. The number of hydrogen-bond acceptors (Lipinski definition) is 3. The normalized spacial score (nSPS) is 17.9. The quantitative estimate of drug-likeness (QED) is 0.813. The Labute approximate surface area is 94.0 Å². The van der Waals surface area contributed by atoms with E-state index < -0.39 is 0 Å². The van der Waals surface area contributed by atoms with E-state index in [1.807, 2.05) is 24.3 Å². The summed E-state index contributed by atoms with van der Waals surface area (Å²) in [4.78, 5) is 0. The summed E-state index contributed by atoms with van der Waals surface area (Å²) < 4.78 is 0. The second-order valence-electron chi connectivity index (χ2n) is 3.64. The first-order valence-electron chi connectivity index (χ1n) is 4.91. The van der Waals surface area contributed by atoms with Crippen LogP contribution in [0.1, 0.15) is 11.6 Å². The summed E-state index contributed by atoms with van der Waals surface area (Å²) in [5.74, 6) is 0. The van der Waals surface area contributed by atoms with Crippen molar-refractivity contribution in [1.29, 1.82) is 5.26 Å². The molecule has 2 rings (SSSR count). The molecule has 0 bridgehead atoms. The van der Waals surface area contributed by atoms with Crippen molar-refractivity contribution in [2.45, 2.75) is 12.1 Å². The molecule has 78 valence electrons. The molecular formula is C11H12ClN3. The van der Waals surface area contributed by atoms with Gasteiger partial charge in [0.05, 0.1) is 6.07 Å². The van der Waals surface area contributed by atoms with Crippen LogP contribution in [0.4, 0.5) is 0 Å². The van der Waals surface area contributed by atoms with Gasteiger partial charge in [0.25, 0.3) is 0 Å². The van der Waals surface area contributed by atoms with Gasteiger partial charge < -0.3 is 5.32 Å². The third kappa shape index (κ3) is 2.48. The van der Waals surface area contributed by atoms with Gasteiger partial charge in [-0.2, -0.15) is 5.26 Å². The van der Waals surface area contributed by atoms with E-state index in [-0.39, 0.29) is 6.04 Å². The Morgan fingerprint density at radius 2 is 2.07 bits per heavy atom. The second kappa shape index (κ2) is 4.63. The summed E-state index contributed by atoms with van der Waals surface area (Å²) in [7, 11) is 0. The third-order valence-corrected chi connectivity index (χ3v) is 2.77. The SMILES string of the molecule is N#CC(NC1CNC1)c1ccc(Cl)cc1. The van der Waals surface area contributed by atoms with Crippen LogP contribution in [-0.2, 0) is 0 Å². The zero-order chi connectivity index (χ0) is 10.7. The topological polar surface area (TPSA) is 47.9 Å². The fraction of sp³-hybridized carbons (Fsp3) is 0.364. The molecule has 0 aliphatic carbocycles. The Hall–Kier alpha value is -1.08. The highest BCUT2D eigenvalue weighted by Crippen LogP contribution is 2.16. The molecule has 1 saturated heterocycles. The predicted octanol–water partition coefficient (Wildman–Crippen LogP) is 1.47. The number of rotatable bonds is 3. The van der Waals surface area contributed by atoms with E-state index in [1.54, 1.807) is 0 Å². The molecule has 2 N–H and O–H groups in total. The standard InChI is InChI=1S/C11H12ClN3/c12-9-3-1-8(2-4-9)11(5-13)15-10-6-14-7-10/h1-4,10-11,14-15H,6-7H2. The predicted molar refractivity (Wildman–Crippen MR) is 59.6 cm³/mol. The highest BCUT2D eigenvalue weighted by atomic mass is 35.5. The van der Waals surface area contributed by atoms with Gasteiger partial charge >= 0.3 is 0 Å². The monoisotopic (exact) mass is 221 g/mol. The smallest absolute Gasteiger partial charge is 0.121 e. The van der Waals surface area contributed by atoms with Gasteiger partial charge in [0.15, 0.2) is 0 Å². The number of nitrogens with zero attached hydrogens (tertiary/aromatic N) is 1. The van der Waals surface area contributed by atoms with Crippen LogP contribution in [-0.4, -0.2) is 19.1 Å². The number of hydrogen-bond donors (Lipinski definition) is 2. The first-order valence-corrected chi connectivity index (χ1v) is 5.29. The Morgan fingerprint density at radius 1 is 1.40 bits per heavy atom. The second-order valence-corrected chi connectivity index (χ2v) is 4.07. The third-order valence-electron chi connectivity index (χ3n) is 2.52. The van der Waals surface area contributed by atoms with Gasteiger partial charge in [-0.1, -0.05) is 23.7 Å². The summed E-state index contributed by atoms with van der Waals surface area (Å²) in [5, 5.41) is 16.2. The zero-order valence-corrected chi connectivity index (χ0v) is 8.96. The molecule has 0 aromatic heterocycles. The number of benzene rings is 1. The first-order chi connectivity index (χ1) is 7.29. The fourth-order valence-corrected chi connectivity index (χ4v) is 1.63. The molecule has 1 fully saturated rings. The molecule has 0 radical (unpaired) electrons. The van der Waals surface area contributed by atoms with Crippen molar-refractivity contribution in [2.75, 3.05) is 13.1 Å². The van der Waals surface area contributed by atoms with Crippen molar-refractivity contribution >= 4 is 11.6 Å². The van der Waals surface area contributed by atoms with Crippen molar-refractivity contribution in [2.24, 2.45) is 0 Å². The van der Waals surface area contributed by atoms with Gasteiger partial charge in [-0.25, -0.2) is 0 Å². The molecule has 0 saturated carbocycles. The maximum absolute atomic E-state index is 9.05. The van der Waals surface area contributed by atoms with E-state index in [1.165, 1.54) is 0 Å². The minimum Gasteiger partial charge on any atom is -0.314 e. The Bertz CT molecular complexity index is 364. The van der Waals surface area contributed by atoms with Crippen LogP contribution in [0.25, 0.3) is 0 Å². The molecule has 4 heteroatoms. The minimum absolute atomic E-state index is 0.241. The van der Waals surface area contributed by atoms with Crippen LogP contribution in [0.15, 0.2) is 24.3 Å². The van der Waals surface area contributed by atoms with Crippen LogP contribution in [0.2, 0.25) is 5.02 Å². The van der Waals surface area contributed by atoms with E-state index >= 15 is 0 Å². The van der Waals surface area contributed by atoms with Crippen LogP contribution in [0.5, 0.6) is 0 Å². The highest BCUT2D eigenvalue weighted by molar-refractivity contribution is 6.30. The van der Waals surface area contributed by atoms with Crippen LogP contribution in [0.3, 0.4) is 0 Å². The minimum atomic E-state index is -0.241. The molecule has 0 spiro atoms. The van der Waals surface area contributed by atoms with E-state index in [4.69, 9.17) is 16.9 Å². The molecule has 15 heavy (non-hydrogen) atoms. The maximum atomic E-state index is 9.05. The first kappa shape index (κ1) is 10.4. The van der Waals surface area contributed by atoms with E-state index in [0.717, 1.165) is 18.7 Å². The van der Waals surface area contributed by atoms with Gasteiger partial charge in [0.2, 0.25) is 0 Å².